The monoisotopic (exact) mass is 375 g/mol. The van der Waals surface area contributed by atoms with E-state index in [1.54, 1.807) is 0 Å². The van der Waals surface area contributed by atoms with Crippen LogP contribution in [0.5, 0.6) is 0 Å². The number of carbonyl (C=O) groups is 1. The van der Waals surface area contributed by atoms with Crippen LogP contribution in [-0.4, -0.2) is 37.0 Å². The van der Waals surface area contributed by atoms with Crippen molar-refractivity contribution in [1.82, 2.24) is 15.5 Å². The second-order valence-corrected chi connectivity index (χ2v) is 6.70. The summed E-state index contributed by atoms with van der Waals surface area (Å²) >= 11 is 0. The Morgan fingerprint density at radius 3 is 2.29 bits per heavy atom. The van der Waals surface area contributed by atoms with Crippen LogP contribution in [-0.2, 0) is 17.9 Å². The van der Waals surface area contributed by atoms with Crippen LogP contribution in [0.3, 0.4) is 0 Å². The number of nitrogens with zero attached hydrogens (tertiary/aromatic N) is 1. The normalized spacial score (nSPS) is 15.2. The second-order valence-electron chi connectivity index (χ2n) is 6.70. The number of rotatable bonds is 7. The summed E-state index contributed by atoms with van der Waals surface area (Å²) in [6.07, 6.45) is 0. The fourth-order valence-electron chi connectivity index (χ4n) is 2.56. The number of hydrogen-bond donors (Lipinski definition) is 2. The molecule has 6 heteroatoms. The van der Waals surface area contributed by atoms with Crippen molar-refractivity contribution >= 4 is 30.7 Å². The van der Waals surface area contributed by atoms with Gasteiger partial charge in [-0.2, -0.15) is 0 Å². The van der Waals surface area contributed by atoms with Crippen molar-refractivity contribution in [3.05, 3.63) is 35.4 Å². The molecule has 0 aromatic heterocycles. The molecule has 1 saturated heterocycles. The molecule has 1 aliphatic heterocycles. The number of halogens is 2. The van der Waals surface area contributed by atoms with Crippen molar-refractivity contribution in [2.24, 2.45) is 11.8 Å². The van der Waals surface area contributed by atoms with Crippen LogP contribution >= 0.6 is 24.8 Å². The summed E-state index contributed by atoms with van der Waals surface area (Å²) < 4.78 is 0. The van der Waals surface area contributed by atoms with E-state index in [1.807, 2.05) is 13.0 Å². The molecule has 1 atom stereocenters. The average Bonchev–Trinajstić information content (AvgIpc) is 2.43. The van der Waals surface area contributed by atoms with Gasteiger partial charge in [-0.05, 0) is 51.0 Å². The molecular formula is C18H31Cl2N3O. The minimum atomic E-state index is 0. The van der Waals surface area contributed by atoms with Crippen molar-refractivity contribution in [1.29, 1.82) is 0 Å². The standard InChI is InChI=1S/C18H29N3O.2ClH/c1-13(2)21(4)12-16-8-6-5-7-15(16)11-20-18(22)14(3)17-9-19-10-17;;/h5-8,13-14,17,19H,9-12H2,1-4H3,(H,20,22);2*1H. The Morgan fingerprint density at radius 1 is 1.21 bits per heavy atom. The predicted molar refractivity (Wildman–Crippen MR) is 105 cm³/mol. The highest BCUT2D eigenvalue weighted by Gasteiger charge is 2.28. The molecule has 138 valence electrons. The molecule has 0 bridgehead atoms. The van der Waals surface area contributed by atoms with E-state index >= 15 is 0 Å². The predicted octanol–water partition coefficient (Wildman–Crippen LogP) is 2.84. The van der Waals surface area contributed by atoms with Gasteiger partial charge in [0.15, 0.2) is 0 Å². The van der Waals surface area contributed by atoms with E-state index in [0.717, 1.165) is 19.6 Å². The first-order chi connectivity index (χ1) is 10.5. The van der Waals surface area contributed by atoms with E-state index in [1.165, 1.54) is 11.1 Å². The third-order valence-corrected chi connectivity index (χ3v) is 4.81. The van der Waals surface area contributed by atoms with Crippen LogP contribution in [0.15, 0.2) is 24.3 Å². The average molecular weight is 376 g/mol. The third kappa shape index (κ3) is 6.25. The zero-order chi connectivity index (χ0) is 16.1. The summed E-state index contributed by atoms with van der Waals surface area (Å²) in [5.74, 6) is 0.743. The molecule has 1 aromatic carbocycles. The summed E-state index contributed by atoms with van der Waals surface area (Å²) in [5, 5.41) is 6.33. The highest BCUT2D eigenvalue weighted by molar-refractivity contribution is 5.85. The molecule has 1 unspecified atom stereocenters. The Morgan fingerprint density at radius 2 is 1.79 bits per heavy atom. The Bertz CT molecular complexity index is 507. The van der Waals surface area contributed by atoms with E-state index in [0.29, 0.717) is 18.5 Å². The minimum absolute atomic E-state index is 0. The van der Waals surface area contributed by atoms with Crippen LogP contribution < -0.4 is 10.6 Å². The van der Waals surface area contributed by atoms with Crippen LogP contribution in [0, 0.1) is 11.8 Å². The van der Waals surface area contributed by atoms with Gasteiger partial charge in [0.25, 0.3) is 0 Å². The van der Waals surface area contributed by atoms with Gasteiger partial charge in [-0.25, -0.2) is 0 Å². The zero-order valence-electron chi connectivity index (χ0n) is 15.0. The van der Waals surface area contributed by atoms with Crippen molar-refractivity contribution in [2.75, 3.05) is 20.1 Å². The van der Waals surface area contributed by atoms with Gasteiger partial charge in [0.2, 0.25) is 5.91 Å². The van der Waals surface area contributed by atoms with Gasteiger partial charge in [-0.15, -0.1) is 24.8 Å². The Balaban J connectivity index is 0.00000264. The number of benzene rings is 1. The summed E-state index contributed by atoms with van der Waals surface area (Å²) in [5.41, 5.74) is 2.50. The Labute approximate surface area is 158 Å². The lowest BCUT2D eigenvalue weighted by Crippen LogP contribution is -2.49. The molecule has 1 aliphatic rings. The summed E-state index contributed by atoms with van der Waals surface area (Å²) in [7, 11) is 2.13. The molecule has 0 saturated carbocycles. The largest absolute Gasteiger partial charge is 0.352 e. The fraction of sp³-hybridized carbons (Fsp3) is 0.611. The zero-order valence-corrected chi connectivity index (χ0v) is 16.7. The molecule has 1 fully saturated rings. The molecule has 24 heavy (non-hydrogen) atoms. The van der Waals surface area contributed by atoms with Crippen LogP contribution in [0.4, 0.5) is 0 Å². The van der Waals surface area contributed by atoms with Crippen molar-refractivity contribution in [2.45, 2.75) is 39.9 Å². The molecule has 1 amide bonds. The van der Waals surface area contributed by atoms with Crippen molar-refractivity contribution in [3.8, 4) is 0 Å². The number of carbonyl (C=O) groups excluding carboxylic acids is 1. The van der Waals surface area contributed by atoms with Crippen LogP contribution in [0.2, 0.25) is 0 Å². The molecule has 1 aromatic rings. The summed E-state index contributed by atoms with van der Waals surface area (Å²) in [4.78, 5) is 14.6. The van der Waals surface area contributed by atoms with E-state index in [2.05, 4.69) is 54.6 Å². The van der Waals surface area contributed by atoms with Gasteiger partial charge in [0, 0.05) is 25.0 Å². The maximum atomic E-state index is 12.2. The quantitative estimate of drug-likeness (QED) is 0.769. The van der Waals surface area contributed by atoms with Gasteiger partial charge >= 0.3 is 0 Å². The maximum absolute atomic E-state index is 12.2. The molecule has 0 aliphatic carbocycles. The second kappa shape index (κ2) is 10.9. The number of amides is 1. The lowest BCUT2D eigenvalue weighted by molar-refractivity contribution is -0.126. The number of nitrogens with one attached hydrogen (secondary N) is 2. The first-order valence-corrected chi connectivity index (χ1v) is 8.24. The topological polar surface area (TPSA) is 44.4 Å². The highest BCUT2D eigenvalue weighted by atomic mass is 35.5. The molecule has 2 N–H and O–H groups in total. The van der Waals surface area contributed by atoms with Gasteiger partial charge in [-0.1, -0.05) is 31.2 Å². The first kappa shape index (κ1) is 23.2. The van der Waals surface area contributed by atoms with Gasteiger partial charge < -0.3 is 10.6 Å². The van der Waals surface area contributed by atoms with E-state index in [-0.39, 0.29) is 36.6 Å². The van der Waals surface area contributed by atoms with Crippen LogP contribution in [0.25, 0.3) is 0 Å². The first-order valence-electron chi connectivity index (χ1n) is 8.24. The smallest absolute Gasteiger partial charge is 0.223 e. The molecule has 0 spiro atoms. The van der Waals surface area contributed by atoms with Gasteiger partial charge in [-0.3, -0.25) is 9.69 Å². The minimum Gasteiger partial charge on any atom is -0.352 e. The van der Waals surface area contributed by atoms with Gasteiger partial charge in [0.1, 0.15) is 0 Å². The third-order valence-electron chi connectivity index (χ3n) is 4.81. The summed E-state index contributed by atoms with van der Waals surface area (Å²) in [6, 6.07) is 8.88. The lowest BCUT2D eigenvalue weighted by Gasteiger charge is -2.31. The van der Waals surface area contributed by atoms with Gasteiger partial charge in [0.05, 0.1) is 0 Å². The molecule has 2 rings (SSSR count). The van der Waals surface area contributed by atoms with Crippen molar-refractivity contribution in [3.63, 3.8) is 0 Å². The molecular weight excluding hydrogens is 345 g/mol. The summed E-state index contributed by atoms with van der Waals surface area (Å²) in [6.45, 7) is 9.86. The molecule has 0 radical (unpaired) electrons. The molecule has 4 nitrogen and oxygen atoms in total. The van der Waals surface area contributed by atoms with Crippen molar-refractivity contribution < 1.29 is 4.79 Å². The van der Waals surface area contributed by atoms with Crippen LogP contribution in [0.1, 0.15) is 31.9 Å². The Kier molecular flexibility index (Phi) is 10.6. The fourth-order valence-corrected chi connectivity index (χ4v) is 2.56. The highest BCUT2D eigenvalue weighted by Crippen LogP contribution is 2.17. The number of hydrogen-bond acceptors (Lipinski definition) is 3. The van der Waals surface area contributed by atoms with E-state index in [9.17, 15) is 4.79 Å². The van der Waals surface area contributed by atoms with E-state index < -0.39 is 0 Å². The van der Waals surface area contributed by atoms with E-state index in [4.69, 9.17) is 0 Å². The SMILES string of the molecule is CC(C(=O)NCc1ccccc1CN(C)C(C)C)C1CNC1.Cl.Cl. The maximum Gasteiger partial charge on any atom is 0.223 e. The molecule has 1 heterocycles. The lowest BCUT2D eigenvalue weighted by atomic mass is 9.88. The Hall–Kier alpha value is -0.810.